The van der Waals surface area contributed by atoms with Gasteiger partial charge in [0.25, 0.3) is 0 Å². The van der Waals surface area contributed by atoms with Gasteiger partial charge in [-0.3, -0.25) is 0 Å². The third-order valence-corrected chi connectivity index (χ3v) is 0.791. The summed E-state index contributed by atoms with van der Waals surface area (Å²) in [7, 11) is 0. The number of rotatable bonds is 1. The predicted octanol–water partition coefficient (Wildman–Crippen LogP) is -0.0354. The fourth-order valence-electron chi connectivity index (χ4n) is 0. The number of thiol groups is 1. The van der Waals surface area contributed by atoms with Gasteiger partial charge in [0, 0.05) is 6.42 Å². The van der Waals surface area contributed by atoms with Crippen LogP contribution in [0.15, 0.2) is 0 Å². The predicted molar refractivity (Wildman–Crippen MR) is 26.4 cm³/mol. The van der Waals surface area contributed by atoms with E-state index < -0.39 is 5.12 Å². The van der Waals surface area contributed by atoms with Gasteiger partial charge in [-0.2, -0.15) is 0 Å². The molecule has 0 saturated heterocycles. The van der Waals surface area contributed by atoms with E-state index in [2.05, 4.69) is 12.6 Å². The Morgan fingerprint density at radius 2 is 1.83 bits per heavy atom. The quantitative estimate of drug-likeness (QED) is 0.326. The molecule has 0 atom stereocenters. The molecular formula is C3H8O2S. The molecule has 0 unspecified atom stereocenters. The molecule has 3 heteroatoms. The number of hydrogen-bond acceptors (Lipinski definition) is 3. The molecule has 0 fully saturated rings. The minimum atomic E-state index is -1.76. The SMILES string of the molecule is CCC(O)(O)S. The molecule has 0 aromatic rings. The van der Waals surface area contributed by atoms with Crippen molar-refractivity contribution in [3.05, 3.63) is 0 Å². The first-order valence-corrected chi connectivity index (χ1v) is 2.18. The van der Waals surface area contributed by atoms with Crippen LogP contribution in [0, 0.1) is 0 Å². The van der Waals surface area contributed by atoms with E-state index in [0.717, 1.165) is 0 Å². The Morgan fingerprint density at radius 1 is 1.67 bits per heavy atom. The van der Waals surface area contributed by atoms with Crippen LogP contribution in [0.25, 0.3) is 0 Å². The molecule has 0 rings (SSSR count). The highest BCUT2D eigenvalue weighted by Crippen LogP contribution is 2.07. The molecule has 0 amide bonds. The van der Waals surface area contributed by atoms with E-state index in [9.17, 15) is 0 Å². The summed E-state index contributed by atoms with van der Waals surface area (Å²) in [6.45, 7) is 1.63. The Bertz CT molecular complexity index is 38.5. The van der Waals surface area contributed by atoms with Gasteiger partial charge in [0.15, 0.2) is 0 Å². The second-order valence-electron chi connectivity index (χ2n) is 1.13. The standard InChI is InChI=1S/C3H8O2S/c1-2-3(4,5)6/h4-6H,2H2,1H3. The van der Waals surface area contributed by atoms with E-state index in [-0.39, 0.29) is 6.42 Å². The summed E-state index contributed by atoms with van der Waals surface area (Å²) in [6, 6.07) is 0. The van der Waals surface area contributed by atoms with Crippen LogP contribution < -0.4 is 0 Å². The third kappa shape index (κ3) is 4.27. The van der Waals surface area contributed by atoms with E-state index in [1.54, 1.807) is 6.92 Å². The molecular weight excluding hydrogens is 100 g/mol. The third-order valence-electron chi connectivity index (χ3n) is 0.474. The summed E-state index contributed by atoms with van der Waals surface area (Å²) in [5.74, 6) is 0. The summed E-state index contributed by atoms with van der Waals surface area (Å²) < 4.78 is 0. The van der Waals surface area contributed by atoms with Crippen LogP contribution in [0.2, 0.25) is 0 Å². The summed E-state index contributed by atoms with van der Waals surface area (Å²) in [5, 5.41) is 14.7. The van der Waals surface area contributed by atoms with Gasteiger partial charge in [-0.25, -0.2) is 0 Å². The van der Waals surface area contributed by atoms with E-state index in [1.165, 1.54) is 0 Å². The van der Waals surface area contributed by atoms with Gasteiger partial charge in [-0.15, -0.1) is 12.6 Å². The van der Waals surface area contributed by atoms with Crippen molar-refractivity contribution >= 4 is 12.6 Å². The zero-order chi connectivity index (χ0) is 5.21. The van der Waals surface area contributed by atoms with E-state index >= 15 is 0 Å². The first kappa shape index (κ1) is 6.27. The van der Waals surface area contributed by atoms with Gasteiger partial charge in [-0.1, -0.05) is 6.92 Å². The molecule has 0 heterocycles. The highest BCUT2D eigenvalue weighted by molar-refractivity contribution is 7.81. The molecule has 6 heavy (non-hydrogen) atoms. The topological polar surface area (TPSA) is 40.5 Å². The van der Waals surface area contributed by atoms with Gasteiger partial charge in [0.05, 0.1) is 0 Å². The van der Waals surface area contributed by atoms with Gasteiger partial charge >= 0.3 is 0 Å². The fraction of sp³-hybridized carbons (Fsp3) is 1.00. The van der Waals surface area contributed by atoms with Crippen molar-refractivity contribution < 1.29 is 10.2 Å². The number of aliphatic hydroxyl groups is 2. The largest absolute Gasteiger partial charge is 0.357 e. The van der Waals surface area contributed by atoms with Gasteiger partial charge in [0.2, 0.25) is 5.12 Å². The molecule has 0 bridgehead atoms. The van der Waals surface area contributed by atoms with Crippen molar-refractivity contribution in [1.82, 2.24) is 0 Å². The van der Waals surface area contributed by atoms with Gasteiger partial charge in [0.1, 0.15) is 0 Å². The summed E-state index contributed by atoms with van der Waals surface area (Å²) in [6.07, 6.45) is 0.246. The second-order valence-corrected chi connectivity index (χ2v) is 1.84. The zero-order valence-corrected chi connectivity index (χ0v) is 4.44. The summed E-state index contributed by atoms with van der Waals surface area (Å²) >= 11 is 3.37. The van der Waals surface area contributed by atoms with E-state index in [1.807, 2.05) is 0 Å². The van der Waals surface area contributed by atoms with Crippen molar-refractivity contribution in [1.29, 1.82) is 0 Å². The molecule has 0 aliphatic carbocycles. The van der Waals surface area contributed by atoms with Crippen molar-refractivity contribution in [2.24, 2.45) is 0 Å². The minimum Gasteiger partial charge on any atom is -0.357 e. The summed E-state index contributed by atoms with van der Waals surface area (Å²) in [4.78, 5) is 0. The molecule has 0 spiro atoms. The highest BCUT2D eigenvalue weighted by atomic mass is 32.1. The monoisotopic (exact) mass is 108 g/mol. The lowest BCUT2D eigenvalue weighted by molar-refractivity contribution is -0.0754. The van der Waals surface area contributed by atoms with Gasteiger partial charge < -0.3 is 10.2 Å². The lowest BCUT2D eigenvalue weighted by Crippen LogP contribution is -2.16. The lowest BCUT2D eigenvalue weighted by Gasteiger charge is -2.08. The van der Waals surface area contributed by atoms with Crippen molar-refractivity contribution in [2.75, 3.05) is 0 Å². The molecule has 0 radical (unpaired) electrons. The Morgan fingerprint density at radius 3 is 1.83 bits per heavy atom. The molecule has 38 valence electrons. The molecule has 0 aromatic heterocycles. The van der Waals surface area contributed by atoms with Crippen LogP contribution in [0.3, 0.4) is 0 Å². The van der Waals surface area contributed by atoms with Crippen LogP contribution in [-0.4, -0.2) is 15.3 Å². The Labute approximate surface area is 42.2 Å². The molecule has 0 aliphatic heterocycles. The minimum absolute atomic E-state index is 0.246. The van der Waals surface area contributed by atoms with E-state index in [4.69, 9.17) is 10.2 Å². The second kappa shape index (κ2) is 1.82. The normalized spacial score (nSPS) is 12.0. The van der Waals surface area contributed by atoms with Gasteiger partial charge in [-0.05, 0) is 0 Å². The molecule has 0 aliphatic rings. The molecule has 2 nitrogen and oxygen atoms in total. The molecule has 2 N–H and O–H groups in total. The van der Waals surface area contributed by atoms with Crippen molar-refractivity contribution in [2.45, 2.75) is 18.5 Å². The first-order chi connectivity index (χ1) is 2.56. The zero-order valence-electron chi connectivity index (χ0n) is 3.55. The maximum absolute atomic E-state index is 8.25. The molecule has 0 saturated carbocycles. The Kier molecular flexibility index (Phi) is 1.90. The summed E-state index contributed by atoms with van der Waals surface area (Å²) in [5.41, 5.74) is 0. The first-order valence-electron chi connectivity index (χ1n) is 1.73. The van der Waals surface area contributed by atoms with Crippen molar-refractivity contribution in [3.63, 3.8) is 0 Å². The Hall–Kier alpha value is 0.270. The molecule has 0 aromatic carbocycles. The average Bonchev–Trinajstić information content (AvgIpc) is 1.35. The van der Waals surface area contributed by atoms with E-state index in [0.29, 0.717) is 0 Å². The number of hydrogen-bond donors (Lipinski definition) is 3. The fourth-order valence-corrected chi connectivity index (χ4v) is 0. The van der Waals surface area contributed by atoms with Crippen LogP contribution in [0.4, 0.5) is 0 Å². The highest BCUT2D eigenvalue weighted by Gasteiger charge is 2.10. The maximum Gasteiger partial charge on any atom is 0.209 e. The van der Waals surface area contributed by atoms with Crippen LogP contribution in [-0.2, 0) is 0 Å². The van der Waals surface area contributed by atoms with Crippen LogP contribution >= 0.6 is 12.6 Å². The average molecular weight is 108 g/mol. The lowest BCUT2D eigenvalue weighted by atomic mass is 10.5. The maximum atomic E-state index is 8.25. The van der Waals surface area contributed by atoms with Crippen LogP contribution in [0.1, 0.15) is 13.3 Å². The Balaban J connectivity index is 3.17. The van der Waals surface area contributed by atoms with Crippen molar-refractivity contribution in [3.8, 4) is 0 Å². The smallest absolute Gasteiger partial charge is 0.209 e. The van der Waals surface area contributed by atoms with Crippen LogP contribution in [0.5, 0.6) is 0 Å².